The molecule has 1 aliphatic rings. The highest BCUT2D eigenvalue weighted by Gasteiger charge is 2.30. The standard InChI is InChI=1S/C23H27FN4O5S/c1-32-11-12-33-23(29)16-5-3-15(4-6-16)22-26-14-20-21(25-9-10-28(20)22)27-19-8-7-17(13-18(19)24)34(2,30)31/h7-10,13-16H,3-6,11-12H2,1-2H3,(H,25,27). The maximum Gasteiger partial charge on any atom is 0.309 e. The number of carbonyl (C=O) groups excluding carboxylic acids is 1. The summed E-state index contributed by atoms with van der Waals surface area (Å²) in [7, 11) is -1.94. The van der Waals surface area contributed by atoms with Gasteiger partial charge in [0.15, 0.2) is 15.7 Å². The smallest absolute Gasteiger partial charge is 0.309 e. The van der Waals surface area contributed by atoms with E-state index in [0.717, 1.165) is 43.8 Å². The topological polar surface area (TPSA) is 112 Å². The minimum absolute atomic E-state index is 0.0912. The van der Waals surface area contributed by atoms with Gasteiger partial charge >= 0.3 is 5.97 Å². The molecule has 0 aliphatic heterocycles. The highest BCUT2D eigenvalue weighted by molar-refractivity contribution is 7.90. The molecule has 4 rings (SSSR count). The summed E-state index contributed by atoms with van der Waals surface area (Å²) < 4.78 is 49.9. The van der Waals surface area contributed by atoms with Crippen LogP contribution in [0.15, 0.2) is 41.7 Å². The number of ether oxygens (including phenoxy) is 2. The van der Waals surface area contributed by atoms with Crippen LogP contribution in [0.5, 0.6) is 0 Å². The van der Waals surface area contributed by atoms with Gasteiger partial charge in [-0.05, 0) is 43.9 Å². The Balaban J connectivity index is 1.48. The highest BCUT2D eigenvalue weighted by atomic mass is 32.2. The summed E-state index contributed by atoms with van der Waals surface area (Å²) in [4.78, 5) is 21.0. The first-order valence-corrected chi connectivity index (χ1v) is 12.9. The summed E-state index contributed by atoms with van der Waals surface area (Å²) in [5.41, 5.74) is 0.786. The molecule has 0 unspecified atom stereocenters. The average molecular weight is 491 g/mol. The summed E-state index contributed by atoms with van der Waals surface area (Å²) >= 11 is 0. The molecule has 0 spiro atoms. The Morgan fingerprint density at radius 3 is 2.65 bits per heavy atom. The van der Waals surface area contributed by atoms with Crippen molar-refractivity contribution in [3.8, 4) is 0 Å². The second kappa shape index (κ2) is 10.1. The molecule has 1 aliphatic carbocycles. The van der Waals surface area contributed by atoms with E-state index in [4.69, 9.17) is 9.47 Å². The largest absolute Gasteiger partial charge is 0.463 e. The number of sulfone groups is 1. The predicted molar refractivity (Wildman–Crippen MR) is 123 cm³/mol. The second-order valence-electron chi connectivity index (χ2n) is 8.40. The van der Waals surface area contributed by atoms with E-state index in [0.29, 0.717) is 17.9 Å². The van der Waals surface area contributed by atoms with Crippen LogP contribution in [0.2, 0.25) is 0 Å². The Labute approximate surface area is 197 Å². The van der Waals surface area contributed by atoms with Crippen LogP contribution < -0.4 is 5.32 Å². The lowest BCUT2D eigenvalue weighted by molar-refractivity contribution is -0.151. The Morgan fingerprint density at radius 1 is 1.21 bits per heavy atom. The fraction of sp³-hybridized carbons (Fsp3) is 0.435. The number of nitrogens with one attached hydrogen (secondary N) is 1. The van der Waals surface area contributed by atoms with E-state index in [1.165, 1.54) is 12.1 Å². The number of carbonyl (C=O) groups is 1. The molecule has 1 saturated carbocycles. The SMILES string of the molecule is COCCOC(=O)C1CCC(c2ncc3c(Nc4ccc(S(C)(=O)=O)cc4F)nccn23)CC1. The number of hydrogen-bond donors (Lipinski definition) is 1. The highest BCUT2D eigenvalue weighted by Crippen LogP contribution is 2.36. The molecule has 2 aromatic heterocycles. The normalized spacial score (nSPS) is 18.7. The van der Waals surface area contributed by atoms with E-state index in [9.17, 15) is 17.6 Å². The molecule has 0 saturated heterocycles. The van der Waals surface area contributed by atoms with Crippen LogP contribution in [-0.2, 0) is 24.1 Å². The number of hydrogen-bond acceptors (Lipinski definition) is 8. The molecule has 182 valence electrons. The summed E-state index contributed by atoms with van der Waals surface area (Å²) in [6.07, 6.45) is 9.16. The van der Waals surface area contributed by atoms with Crippen molar-refractivity contribution < 1.29 is 27.1 Å². The van der Waals surface area contributed by atoms with Gasteiger partial charge in [0.2, 0.25) is 0 Å². The molecule has 1 fully saturated rings. The van der Waals surface area contributed by atoms with Crippen molar-refractivity contribution in [2.45, 2.75) is 36.5 Å². The second-order valence-corrected chi connectivity index (χ2v) is 10.4. The quantitative estimate of drug-likeness (QED) is 0.377. The Morgan fingerprint density at radius 2 is 1.97 bits per heavy atom. The van der Waals surface area contributed by atoms with Crippen molar-refractivity contribution in [1.82, 2.24) is 14.4 Å². The van der Waals surface area contributed by atoms with E-state index in [1.807, 2.05) is 4.40 Å². The number of nitrogens with zero attached hydrogens (tertiary/aromatic N) is 3. The first-order valence-electron chi connectivity index (χ1n) is 11.0. The molecule has 1 N–H and O–H groups in total. The van der Waals surface area contributed by atoms with Gasteiger partial charge in [-0.15, -0.1) is 0 Å². The van der Waals surface area contributed by atoms with Gasteiger partial charge in [0.05, 0.1) is 29.3 Å². The number of esters is 1. The molecule has 0 radical (unpaired) electrons. The molecule has 3 aromatic rings. The van der Waals surface area contributed by atoms with Crippen molar-refractivity contribution >= 4 is 32.8 Å². The number of halogens is 1. The van der Waals surface area contributed by atoms with Crippen LogP contribution in [0.25, 0.3) is 5.52 Å². The van der Waals surface area contributed by atoms with Crippen LogP contribution in [0.3, 0.4) is 0 Å². The van der Waals surface area contributed by atoms with Gasteiger partial charge in [-0.25, -0.2) is 22.8 Å². The van der Waals surface area contributed by atoms with Gasteiger partial charge in [-0.1, -0.05) is 0 Å². The fourth-order valence-corrected chi connectivity index (χ4v) is 4.87. The number of benzene rings is 1. The van der Waals surface area contributed by atoms with Crippen LogP contribution in [0.4, 0.5) is 15.9 Å². The van der Waals surface area contributed by atoms with E-state index in [1.54, 1.807) is 25.7 Å². The Bertz CT molecular complexity index is 1290. The van der Waals surface area contributed by atoms with Crippen LogP contribution >= 0.6 is 0 Å². The summed E-state index contributed by atoms with van der Waals surface area (Å²) in [6, 6.07) is 3.71. The molecule has 34 heavy (non-hydrogen) atoms. The minimum Gasteiger partial charge on any atom is -0.463 e. The Kier molecular flexibility index (Phi) is 7.13. The molecule has 0 amide bonds. The lowest BCUT2D eigenvalue weighted by Gasteiger charge is -2.26. The maximum absolute atomic E-state index is 14.5. The van der Waals surface area contributed by atoms with Gasteiger partial charge in [0.25, 0.3) is 0 Å². The lowest BCUT2D eigenvalue weighted by Crippen LogP contribution is -2.24. The van der Waals surface area contributed by atoms with Crippen LogP contribution in [0, 0.1) is 11.7 Å². The molecule has 2 heterocycles. The van der Waals surface area contributed by atoms with Crippen LogP contribution in [-0.4, -0.2) is 55.3 Å². The van der Waals surface area contributed by atoms with Crippen molar-refractivity contribution in [3.05, 3.63) is 48.4 Å². The summed E-state index contributed by atoms with van der Waals surface area (Å²) in [5.74, 6) is 0.454. The number of imidazole rings is 1. The molecule has 0 atom stereocenters. The van der Waals surface area contributed by atoms with Crippen molar-refractivity contribution in [3.63, 3.8) is 0 Å². The van der Waals surface area contributed by atoms with Gasteiger partial charge in [0.1, 0.15) is 23.8 Å². The zero-order chi connectivity index (χ0) is 24.3. The molecule has 11 heteroatoms. The van der Waals surface area contributed by atoms with Crippen molar-refractivity contribution in [1.29, 1.82) is 0 Å². The zero-order valence-corrected chi connectivity index (χ0v) is 19.8. The Hall–Kier alpha value is -3.05. The molecule has 1 aromatic carbocycles. The zero-order valence-electron chi connectivity index (χ0n) is 19.0. The van der Waals surface area contributed by atoms with Gasteiger partial charge in [0, 0.05) is 31.7 Å². The van der Waals surface area contributed by atoms with E-state index < -0.39 is 15.7 Å². The van der Waals surface area contributed by atoms with Crippen molar-refractivity contribution in [2.24, 2.45) is 5.92 Å². The number of methoxy groups -OCH3 is 1. The van der Waals surface area contributed by atoms with E-state index in [2.05, 4.69) is 15.3 Å². The number of fused-ring (bicyclic) bond motifs is 1. The molecule has 0 bridgehead atoms. The fourth-order valence-electron chi connectivity index (χ4n) is 4.23. The average Bonchev–Trinajstić information content (AvgIpc) is 3.25. The van der Waals surface area contributed by atoms with Crippen LogP contribution in [0.1, 0.15) is 37.4 Å². The predicted octanol–water partition coefficient (Wildman–Crippen LogP) is 3.48. The van der Waals surface area contributed by atoms with Gasteiger partial charge < -0.3 is 14.8 Å². The number of anilines is 2. The molecular formula is C23H27FN4O5S. The molecule has 9 nitrogen and oxygen atoms in total. The number of aromatic nitrogens is 3. The molecular weight excluding hydrogens is 463 g/mol. The van der Waals surface area contributed by atoms with Gasteiger partial charge in [-0.3, -0.25) is 9.20 Å². The first-order chi connectivity index (χ1) is 16.3. The monoisotopic (exact) mass is 490 g/mol. The third-order valence-corrected chi connectivity index (χ3v) is 7.18. The van der Waals surface area contributed by atoms with Crippen molar-refractivity contribution in [2.75, 3.05) is 31.9 Å². The lowest BCUT2D eigenvalue weighted by atomic mass is 9.81. The third-order valence-electron chi connectivity index (χ3n) is 6.07. The summed E-state index contributed by atoms with van der Waals surface area (Å²) in [5, 5.41) is 2.94. The number of rotatable bonds is 8. The van der Waals surface area contributed by atoms with Gasteiger partial charge in [-0.2, -0.15) is 0 Å². The maximum atomic E-state index is 14.5. The minimum atomic E-state index is -3.51. The van der Waals surface area contributed by atoms with E-state index in [-0.39, 0.29) is 35.0 Å². The third kappa shape index (κ3) is 5.20. The summed E-state index contributed by atoms with van der Waals surface area (Å²) in [6.45, 7) is 0.651. The van der Waals surface area contributed by atoms with E-state index >= 15 is 0 Å². The first kappa shape index (κ1) is 24.1.